The number of nitrogens with one attached hydrogen (secondary N) is 1. The van der Waals surface area contributed by atoms with Crippen molar-refractivity contribution in [2.24, 2.45) is 0 Å². The molecule has 0 fully saturated rings. The van der Waals surface area contributed by atoms with Crippen LogP contribution in [0.4, 0.5) is 13.2 Å². The van der Waals surface area contributed by atoms with Gasteiger partial charge in [-0.15, -0.1) is 0 Å². The van der Waals surface area contributed by atoms with E-state index in [0.29, 0.717) is 28.8 Å². The Labute approximate surface area is 139 Å². The molecule has 1 N–H and O–H groups in total. The summed E-state index contributed by atoms with van der Waals surface area (Å²) in [5, 5.41) is 12.1. The third kappa shape index (κ3) is 2.41. The zero-order chi connectivity index (χ0) is 17.7. The molecule has 2 aromatic carbocycles. The minimum absolute atomic E-state index is 0.00739. The van der Waals surface area contributed by atoms with E-state index >= 15 is 0 Å². The second kappa shape index (κ2) is 5.51. The fraction of sp³-hybridized carbons (Fsp3) is 0.176. The SMILES string of the molecule is O=[N+]([O-])C1Cc2ccc3[nH]ccc3c2OC1c1cc(F)c(F)cc1F. The number of hydrogen-bond acceptors (Lipinski definition) is 3. The number of benzene rings is 2. The van der Waals surface area contributed by atoms with Gasteiger partial charge in [-0.1, -0.05) is 6.07 Å². The highest BCUT2D eigenvalue weighted by Crippen LogP contribution is 2.41. The number of nitrogens with zero attached hydrogens (tertiary/aromatic N) is 1. The van der Waals surface area contributed by atoms with Gasteiger partial charge in [-0.2, -0.15) is 0 Å². The maximum absolute atomic E-state index is 14.2. The number of H-pyrrole nitrogens is 1. The maximum atomic E-state index is 14.2. The van der Waals surface area contributed by atoms with E-state index in [1.165, 1.54) is 0 Å². The zero-order valence-electron chi connectivity index (χ0n) is 12.6. The summed E-state index contributed by atoms with van der Waals surface area (Å²) in [6.45, 7) is 0. The number of aromatic nitrogens is 1. The van der Waals surface area contributed by atoms with E-state index in [1.54, 1.807) is 24.4 Å². The van der Waals surface area contributed by atoms with Gasteiger partial charge in [0.25, 0.3) is 6.04 Å². The molecule has 4 rings (SSSR count). The van der Waals surface area contributed by atoms with Gasteiger partial charge >= 0.3 is 0 Å². The second-order valence-corrected chi connectivity index (χ2v) is 5.88. The van der Waals surface area contributed by atoms with Crippen LogP contribution < -0.4 is 4.74 Å². The van der Waals surface area contributed by atoms with Crippen LogP contribution in [0.5, 0.6) is 5.75 Å². The van der Waals surface area contributed by atoms with E-state index in [-0.39, 0.29) is 12.0 Å². The quantitative estimate of drug-likeness (QED) is 0.434. The number of aromatic amines is 1. The first-order chi connectivity index (χ1) is 12.0. The van der Waals surface area contributed by atoms with Crippen molar-refractivity contribution >= 4 is 10.9 Å². The fourth-order valence-electron chi connectivity index (χ4n) is 3.20. The molecule has 2 atom stereocenters. The molecule has 0 saturated heterocycles. The number of hydrogen-bond donors (Lipinski definition) is 1. The van der Waals surface area contributed by atoms with Crippen LogP contribution in [0.1, 0.15) is 17.2 Å². The molecular weight excluding hydrogens is 337 g/mol. The Morgan fingerprint density at radius 3 is 2.64 bits per heavy atom. The Kier molecular flexibility index (Phi) is 3.41. The van der Waals surface area contributed by atoms with Gasteiger partial charge in [0.05, 0.1) is 0 Å². The molecule has 1 aliphatic rings. The van der Waals surface area contributed by atoms with Crippen LogP contribution in [0.25, 0.3) is 10.9 Å². The maximum Gasteiger partial charge on any atom is 0.257 e. The number of halogens is 3. The van der Waals surface area contributed by atoms with Crippen LogP contribution in [0.2, 0.25) is 0 Å². The highest BCUT2D eigenvalue weighted by molar-refractivity contribution is 5.87. The summed E-state index contributed by atoms with van der Waals surface area (Å²) < 4.78 is 46.7. The summed E-state index contributed by atoms with van der Waals surface area (Å²) in [5.74, 6) is -3.35. The van der Waals surface area contributed by atoms with Crippen LogP contribution in [-0.2, 0) is 6.42 Å². The molecule has 0 spiro atoms. The van der Waals surface area contributed by atoms with Crippen molar-refractivity contribution in [1.29, 1.82) is 0 Å². The Morgan fingerprint density at radius 2 is 1.88 bits per heavy atom. The average molecular weight is 348 g/mol. The van der Waals surface area contributed by atoms with E-state index in [9.17, 15) is 23.3 Å². The number of nitro groups is 1. The van der Waals surface area contributed by atoms with E-state index in [0.717, 1.165) is 5.52 Å². The molecule has 1 aromatic heterocycles. The predicted octanol–water partition coefficient (Wildman–Crippen LogP) is 3.91. The molecule has 0 radical (unpaired) electrons. The van der Waals surface area contributed by atoms with Crippen molar-refractivity contribution in [2.45, 2.75) is 18.6 Å². The van der Waals surface area contributed by atoms with Crippen LogP contribution in [0.3, 0.4) is 0 Å². The topological polar surface area (TPSA) is 68.2 Å². The summed E-state index contributed by atoms with van der Waals surface area (Å²) >= 11 is 0. The molecule has 0 amide bonds. The summed E-state index contributed by atoms with van der Waals surface area (Å²) in [6, 6.07) is 4.88. The van der Waals surface area contributed by atoms with Crippen molar-refractivity contribution in [3.63, 3.8) is 0 Å². The van der Waals surface area contributed by atoms with Crippen molar-refractivity contribution in [1.82, 2.24) is 4.98 Å². The lowest BCUT2D eigenvalue weighted by atomic mass is 9.91. The number of rotatable bonds is 2. The van der Waals surface area contributed by atoms with E-state index in [4.69, 9.17) is 4.74 Å². The first-order valence-corrected chi connectivity index (χ1v) is 7.49. The van der Waals surface area contributed by atoms with Crippen LogP contribution in [0, 0.1) is 27.6 Å². The molecule has 0 aliphatic carbocycles. The molecule has 3 aromatic rings. The minimum atomic E-state index is -1.36. The van der Waals surface area contributed by atoms with E-state index in [1.807, 2.05) is 0 Å². The number of ether oxygens (including phenoxy) is 1. The second-order valence-electron chi connectivity index (χ2n) is 5.88. The molecule has 2 unspecified atom stereocenters. The zero-order valence-corrected chi connectivity index (χ0v) is 12.6. The van der Waals surface area contributed by atoms with Crippen molar-refractivity contribution in [2.75, 3.05) is 0 Å². The van der Waals surface area contributed by atoms with Gasteiger partial charge in [0.1, 0.15) is 11.6 Å². The third-order valence-corrected chi connectivity index (χ3v) is 4.41. The Morgan fingerprint density at radius 1 is 1.12 bits per heavy atom. The first-order valence-electron chi connectivity index (χ1n) is 7.49. The predicted molar refractivity (Wildman–Crippen MR) is 82.5 cm³/mol. The highest BCUT2D eigenvalue weighted by atomic mass is 19.2. The summed E-state index contributed by atoms with van der Waals surface area (Å²) in [4.78, 5) is 13.9. The molecule has 0 saturated carbocycles. The molecule has 128 valence electrons. The molecule has 2 heterocycles. The summed E-state index contributed by atoms with van der Waals surface area (Å²) in [7, 11) is 0. The van der Waals surface area contributed by atoms with E-state index in [2.05, 4.69) is 4.98 Å². The monoisotopic (exact) mass is 348 g/mol. The lowest BCUT2D eigenvalue weighted by Gasteiger charge is -2.29. The van der Waals surface area contributed by atoms with E-state index < -0.39 is 34.5 Å². The lowest BCUT2D eigenvalue weighted by Crippen LogP contribution is -2.37. The van der Waals surface area contributed by atoms with Gasteiger partial charge in [0.15, 0.2) is 17.7 Å². The lowest BCUT2D eigenvalue weighted by molar-refractivity contribution is -0.535. The molecule has 0 bridgehead atoms. The summed E-state index contributed by atoms with van der Waals surface area (Å²) in [6.07, 6.45) is 0.311. The molecule has 5 nitrogen and oxygen atoms in total. The van der Waals surface area contributed by atoms with Gasteiger partial charge in [0, 0.05) is 45.6 Å². The van der Waals surface area contributed by atoms with Crippen LogP contribution in [-0.4, -0.2) is 15.9 Å². The Hall–Kier alpha value is -3.03. The summed E-state index contributed by atoms with van der Waals surface area (Å²) in [5.41, 5.74) is 0.981. The first kappa shape index (κ1) is 15.5. The molecular formula is C17H11F3N2O3. The molecule has 25 heavy (non-hydrogen) atoms. The Bertz CT molecular complexity index is 1000. The molecule has 1 aliphatic heterocycles. The smallest absolute Gasteiger partial charge is 0.257 e. The fourth-order valence-corrected chi connectivity index (χ4v) is 3.20. The van der Waals surface area contributed by atoms with Crippen LogP contribution in [0.15, 0.2) is 36.5 Å². The molecule has 8 heteroatoms. The van der Waals surface area contributed by atoms with Crippen molar-refractivity contribution in [3.8, 4) is 5.75 Å². The van der Waals surface area contributed by atoms with Gasteiger partial charge in [0.2, 0.25) is 0 Å². The number of fused-ring (bicyclic) bond motifs is 3. The largest absolute Gasteiger partial charge is 0.477 e. The van der Waals surface area contributed by atoms with Gasteiger partial charge in [-0.3, -0.25) is 10.1 Å². The standard InChI is InChI=1S/C17H11F3N2O3/c18-11-7-13(20)12(19)6-10(11)17-15(22(23)24)5-8-1-2-14-9(3-4-21-14)16(8)25-17/h1-4,6-7,15,17,21H,5H2. The normalized spacial score (nSPS) is 19.5. The van der Waals surface area contributed by atoms with Crippen LogP contribution >= 0.6 is 0 Å². The average Bonchev–Trinajstić information content (AvgIpc) is 3.06. The van der Waals surface area contributed by atoms with Crippen molar-refractivity contribution < 1.29 is 22.8 Å². The van der Waals surface area contributed by atoms with Gasteiger partial charge in [-0.05, 0) is 18.2 Å². The Balaban J connectivity index is 1.88. The third-order valence-electron chi connectivity index (χ3n) is 4.41. The van der Waals surface area contributed by atoms with Gasteiger partial charge in [-0.25, -0.2) is 13.2 Å². The minimum Gasteiger partial charge on any atom is -0.477 e. The highest BCUT2D eigenvalue weighted by Gasteiger charge is 2.42. The van der Waals surface area contributed by atoms with Gasteiger partial charge < -0.3 is 9.72 Å². The van der Waals surface area contributed by atoms with Crippen molar-refractivity contribution in [3.05, 3.63) is 75.2 Å².